The Bertz CT molecular complexity index is 971. The van der Waals surface area contributed by atoms with Gasteiger partial charge in [-0.2, -0.15) is 4.31 Å². The molecule has 0 bridgehead atoms. The fourth-order valence-electron chi connectivity index (χ4n) is 3.58. The van der Waals surface area contributed by atoms with Crippen molar-refractivity contribution in [2.75, 3.05) is 39.4 Å². The lowest BCUT2D eigenvalue weighted by Crippen LogP contribution is -2.50. The zero-order valence-corrected chi connectivity index (χ0v) is 18.9. The van der Waals surface area contributed by atoms with Crippen LogP contribution in [0.2, 0.25) is 0 Å². The predicted molar refractivity (Wildman–Crippen MR) is 119 cm³/mol. The molecular weight excluding hydrogens is 416 g/mol. The fourth-order valence-corrected chi connectivity index (χ4v) is 5.02. The van der Waals surface area contributed by atoms with E-state index >= 15 is 0 Å². The topological polar surface area (TPSA) is 76.2 Å². The Kier molecular flexibility index (Phi) is 7.92. The second-order valence-electron chi connectivity index (χ2n) is 7.25. The molecule has 0 aliphatic carbocycles. The number of amides is 1. The zero-order chi connectivity index (χ0) is 22.3. The van der Waals surface area contributed by atoms with Crippen LogP contribution in [0.25, 0.3) is 0 Å². The molecule has 1 saturated heterocycles. The van der Waals surface area contributed by atoms with Crippen LogP contribution < -0.4 is 9.47 Å². The molecule has 2 aromatic carbocycles. The van der Waals surface area contributed by atoms with Crippen molar-refractivity contribution in [1.82, 2.24) is 9.21 Å². The van der Waals surface area contributed by atoms with E-state index in [4.69, 9.17) is 9.47 Å². The summed E-state index contributed by atoms with van der Waals surface area (Å²) in [6, 6.07) is 14.2. The van der Waals surface area contributed by atoms with E-state index in [1.54, 1.807) is 35.2 Å². The van der Waals surface area contributed by atoms with Crippen LogP contribution in [-0.4, -0.2) is 62.9 Å². The molecule has 8 heteroatoms. The fraction of sp³-hybridized carbons (Fsp3) is 0.435. The molecule has 0 N–H and O–H groups in total. The first-order valence-corrected chi connectivity index (χ1v) is 12.1. The number of benzene rings is 2. The molecule has 7 nitrogen and oxygen atoms in total. The van der Waals surface area contributed by atoms with Crippen LogP contribution in [0, 0.1) is 0 Å². The van der Waals surface area contributed by atoms with Gasteiger partial charge in [0, 0.05) is 32.6 Å². The molecule has 1 amide bonds. The summed E-state index contributed by atoms with van der Waals surface area (Å²) in [5.41, 5.74) is 1.01. The SMILES string of the molecule is CCOc1ccc(CCC(=O)N2CCN(S(=O)(=O)c3ccccc3)CC2)cc1OCC. The first-order chi connectivity index (χ1) is 15.0. The summed E-state index contributed by atoms with van der Waals surface area (Å²) < 4.78 is 38.2. The Morgan fingerprint density at radius 2 is 1.55 bits per heavy atom. The second kappa shape index (κ2) is 10.6. The summed E-state index contributed by atoms with van der Waals surface area (Å²) in [4.78, 5) is 14.7. The van der Waals surface area contributed by atoms with E-state index in [1.807, 2.05) is 32.0 Å². The summed E-state index contributed by atoms with van der Waals surface area (Å²) in [5, 5.41) is 0. The average Bonchev–Trinajstić information content (AvgIpc) is 2.80. The minimum absolute atomic E-state index is 0.0311. The van der Waals surface area contributed by atoms with Gasteiger partial charge >= 0.3 is 0 Å². The Morgan fingerprint density at radius 1 is 0.903 bits per heavy atom. The standard InChI is InChI=1S/C23H30N2O5S/c1-3-29-21-12-10-19(18-22(21)30-4-2)11-13-23(26)24-14-16-25(17-15-24)31(27,28)20-8-6-5-7-9-20/h5-10,12,18H,3-4,11,13-17H2,1-2H3. The molecule has 3 rings (SSSR count). The smallest absolute Gasteiger partial charge is 0.243 e. The zero-order valence-electron chi connectivity index (χ0n) is 18.1. The molecule has 0 unspecified atom stereocenters. The summed E-state index contributed by atoms with van der Waals surface area (Å²) in [5.74, 6) is 1.42. The number of carbonyl (C=O) groups excluding carboxylic acids is 1. The van der Waals surface area contributed by atoms with Crippen LogP contribution in [0.5, 0.6) is 11.5 Å². The molecule has 1 heterocycles. The van der Waals surface area contributed by atoms with Crippen molar-refractivity contribution in [2.24, 2.45) is 0 Å². The second-order valence-corrected chi connectivity index (χ2v) is 9.18. The Hall–Kier alpha value is -2.58. The number of ether oxygens (including phenoxy) is 2. The van der Waals surface area contributed by atoms with Crippen LogP contribution in [0.3, 0.4) is 0 Å². The highest BCUT2D eigenvalue weighted by Crippen LogP contribution is 2.29. The first kappa shape index (κ1) is 23.1. The Morgan fingerprint density at radius 3 is 2.19 bits per heavy atom. The van der Waals surface area contributed by atoms with Gasteiger partial charge in [0.2, 0.25) is 15.9 Å². The monoisotopic (exact) mass is 446 g/mol. The number of sulfonamides is 1. The van der Waals surface area contributed by atoms with Gasteiger partial charge in [-0.05, 0) is 50.1 Å². The van der Waals surface area contributed by atoms with Crippen molar-refractivity contribution in [3.05, 3.63) is 54.1 Å². The van der Waals surface area contributed by atoms with Gasteiger partial charge in [0.25, 0.3) is 0 Å². The van der Waals surface area contributed by atoms with Crippen molar-refractivity contribution < 1.29 is 22.7 Å². The largest absolute Gasteiger partial charge is 0.490 e. The van der Waals surface area contributed by atoms with Gasteiger partial charge in [0.05, 0.1) is 18.1 Å². The van der Waals surface area contributed by atoms with Gasteiger partial charge in [-0.15, -0.1) is 0 Å². The van der Waals surface area contributed by atoms with Crippen molar-refractivity contribution in [1.29, 1.82) is 0 Å². The van der Waals surface area contributed by atoms with E-state index in [-0.39, 0.29) is 10.8 Å². The highest BCUT2D eigenvalue weighted by atomic mass is 32.2. The molecule has 31 heavy (non-hydrogen) atoms. The number of hydrogen-bond acceptors (Lipinski definition) is 5. The molecule has 0 atom stereocenters. The van der Waals surface area contributed by atoms with E-state index in [0.29, 0.717) is 63.7 Å². The van der Waals surface area contributed by atoms with E-state index < -0.39 is 10.0 Å². The molecule has 1 aliphatic rings. The highest BCUT2D eigenvalue weighted by Gasteiger charge is 2.29. The third-order valence-corrected chi connectivity index (χ3v) is 7.12. The lowest BCUT2D eigenvalue weighted by atomic mass is 10.1. The summed E-state index contributed by atoms with van der Waals surface area (Å²) in [7, 11) is -3.52. The quantitative estimate of drug-likeness (QED) is 0.592. The van der Waals surface area contributed by atoms with Crippen molar-refractivity contribution >= 4 is 15.9 Å². The van der Waals surface area contributed by atoms with Gasteiger partial charge in [-0.25, -0.2) is 8.42 Å². The van der Waals surface area contributed by atoms with E-state index in [1.165, 1.54) is 4.31 Å². The number of nitrogens with zero attached hydrogens (tertiary/aromatic N) is 2. The molecule has 1 aliphatic heterocycles. The predicted octanol–water partition coefficient (Wildman–Crippen LogP) is 2.95. The van der Waals surface area contributed by atoms with Gasteiger partial charge < -0.3 is 14.4 Å². The molecule has 0 spiro atoms. The number of piperazine rings is 1. The van der Waals surface area contributed by atoms with E-state index in [9.17, 15) is 13.2 Å². The minimum atomic E-state index is -3.52. The number of aryl methyl sites for hydroxylation is 1. The summed E-state index contributed by atoms with van der Waals surface area (Å²) in [6.07, 6.45) is 0.957. The first-order valence-electron chi connectivity index (χ1n) is 10.7. The number of hydrogen-bond donors (Lipinski definition) is 0. The molecule has 1 fully saturated rings. The maximum absolute atomic E-state index is 12.7. The van der Waals surface area contributed by atoms with Gasteiger partial charge in [-0.1, -0.05) is 24.3 Å². The van der Waals surface area contributed by atoms with Crippen molar-refractivity contribution in [2.45, 2.75) is 31.6 Å². The molecule has 0 aromatic heterocycles. The normalized spacial score (nSPS) is 15.0. The third kappa shape index (κ3) is 5.77. The minimum Gasteiger partial charge on any atom is -0.490 e. The summed E-state index contributed by atoms with van der Waals surface area (Å²) in [6.45, 7) is 6.36. The van der Waals surface area contributed by atoms with Crippen LogP contribution >= 0.6 is 0 Å². The van der Waals surface area contributed by atoms with Crippen molar-refractivity contribution in [3.63, 3.8) is 0 Å². The lowest BCUT2D eigenvalue weighted by Gasteiger charge is -2.34. The van der Waals surface area contributed by atoms with Gasteiger partial charge in [0.1, 0.15) is 0 Å². The third-order valence-electron chi connectivity index (χ3n) is 5.21. The molecule has 168 valence electrons. The molecule has 0 radical (unpaired) electrons. The van der Waals surface area contributed by atoms with E-state index in [2.05, 4.69) is 0 Å². The molecule has 2 aromatic rings. The maximum atomic E-state index is 12.7. The lowest BCUT2D eigenvalue weighted by molar-refractivity contribution is -0.132. The summed E-state index contributed by atoms with van der Waals surface area (Å²) >= 11 is 0. The highest BCUT2D eigenvalue weighted by molar-refractivity contribution is 7.89. The van der Waals surface area contributed by atoms with Crippen LogP contribution in [0.1, 0.15) is 25.8 Å². The molecular formula is C23H30N2O5S. The van der Waals surface area contributed by atoms with Crippen LogP contribution in [0.15, 0.2) is 53.4 Å². The van der Waals surface area contributed by atoms with Crippen LogP contribution in [0.4, 0.5) is 0 Å². The maximum Gasteiger partial charge on any atom is 0.243 e. The van der Waals surface area contributed by atoms with Crippen LogP contribution in [-0.2, 0) is 21.2 Å². The van der Waals surface area contributed by atoms with E-state index in [0.717, 1.165) is 5.56 Å². The average molecular weight is 447 g/mol. The number of carbonyl (C=O) groups is 1. The van der Waals surface area contributed by atoms with Gasteiger partial charge in [0.15, 0.2) is 11.5 Å². The number of rotatable bonds is 9. The van der Waals surface area contributed by atoms with Gasteiger partial charge in [-0.3, -0.25) is 4.79 Å². The van der Waals surface area contributed by atoms with Crippen molar-refractivity contribution in [3.8, 4) is 11.5 Å². The molecule has 0 saturated carbocycles. The Balaban J connectivity index is 1.54. The Labute approximate surface area is 184 Å².